The summed E-state index contributed by atoms with van der Waals surface area (Å²) in [6.45, 7) is 0. The van der Waals surface area contributed by atoms with Gasteiger partial charge >= 0.3 is 0 Å². The molecule has 3 rings (SSSR count). The normalized spacial score (nSPS) is 10.8. The summed E-state index contributed by atoms with van der Waals surface area (Å²) in [5.41, 5.74) is 6.22. The Bertz CT molecular complexity index is 666. The standard InChI is InChI=1S/C12H8N2OS2/c13-11(15)9-5-6-10(16-9)12-14-7-3-1-2-4-8(7)17-12/h1-6H,(H2,13,15). The van der Waals surface area contributed by atoms with E-state index in [1.165, 1.54) is 11.3 Å². The quantitative estimate of drug-likeness (QED) is 0.769. The van der Waals surface area contributed by atoms with Gasteiger partial charge in [0, 0.05) is 0 Å². The van der Waals surface area contributed by atoms with E-state index in [0.717, 1.165) is 20.1 Å². The minimum atomic E-state index is -0.387. The van der Waals surface area contributed by atoms with Crippen molar-refractivity contribution in [1.29, 1.82) is 0 Å². The van der Waals surface area contributed by atoms with Crippen molar-refractivity contribution in [3.05, 3.63) is 41.3 Å². The summed E-state index contributed by atoms with van der Waals surface area (Å²) in [6.07, 6.45) is 0. The fourth-order valence-corrected chi connectivity index (χ4v) is 3.44. The van der Waals surface area contributed by atoms with Gasteiger partial charge < -0.3 is 5.73 Å². The summed E-state index contributed by atoms with van der Waals surface area (Å²) in [5.74, 6) is -0.387. The van der Waals surface area contributed by atoms with Crippen LogP contribution in [0.3, 0.4) is 0 Å². The summed E-state index contributed by atoms with van der Waals surface area (Å²) in [4.78, 5) is 17.1. The number of carbonyl (C=O) groups excluding carboxylic acids is 1. The minimum absolute atomic E-state index is 0.387. The van der Waals surface area contributed by atoms with Crippen molar-refractivity contribution in [2.24, 2.45) is 5.73 Å². The number of rotatable bonds is 2. The number of hydrogen-bond donors (Lipinski definition) is 1. The Morgan fingerprint density at radius 2 is 1.94 bits per heavy atom. The highest BCUT2D eigenvalue weighted by Crippen LogP contribution is 2.34. The van der Waals surface area contributed by atoms with Gasteiger partial charge in [-0.2, -0.15) is 0 Å². The molecule has 2 N–H and O–H groups in total. The first-order valence-corrected chi connectivity index (χ1v) is 6.63. The van der Waals surface area contributed by atoms with Crippen LogP contribution in [-0.4, -0.2) is 10.9 Å². The van der Waals surface area contributed by atoms with E-state index in [1.54, 1.807) is 17.4 Å². The number of nitrogens with zero attached hydrogens (tertiary/aromatic N) is 1. The molecule has 0 saturated heterocycles. The highest BCUT2D eigenvalue weighted by atomic mass is 32.1. The van der Waals surface area contributed by atoms with Gasteiger partial charge in [0.15, 0.2) is 0 Å². The summed E-state index contributed by atoms with van der Waals surface area (Å²) in [6, 6.07) is 11.6. The molecule has 0 aliphatic carbocycles. The molecule has 0 aliphatic rings. The van der Waals surface area contributed by atoms with Crippen LogP contribution >= 0.6 is 22.7 Å². The first kappa shape index (κ1) is 10.4. The van der Waals surface area contributed by atoms with E-state index < -0.39 is 0 Å². The minimum Gasteiger partial charge on any atom is -0.365 e. The molecule has 3 nitrogen and oxygen atoms in total. The molecule has 0 radical (unpaired) electrons. The molecule has 5 heteroatoms. The number of benzene rings is 1. The number of thiazole rings is 1. The van der Waals surface area contributed by atoms with E-state index >= 15 is 0 Å². The Morgan fingerprint density at radius 3 is 2.65 bits per heavy atom. The Kier molecular flexibility index (Phi) is 2.42. The lowest BCUT2D eigenvalue weighted by Crippen LogP contribution is -2.07. The van der Waals surface area contributed by atoms with Crippen molar-refractivity contribution < 1.29 is 4.79 Å². The molecule has 3 aromatic rings. The van der Waals surface area contributed by atoms with Crippen molar-refractivity contribution in [2.75, 3.05) is 0 Å². The van der Waals surface area contributed by atoms with Gasteiger partial charge in [0.2, 0.25) is 0 Å². The van der Waals surface area contributed by atoms with Crippen molar-refractivity contribution in [3.8, 4) is 9.88 Å². The molecule has 0 atom stereocenters. The fraction of sp³-hybridized carbons (Fsp3) is 0. The molecule has 0 fully saturated rings. The van der Waals surface area contributed by atoms with E-state index in [1.807, 2.05) is 30.3 Å². The number of aromatic nitrogens is 1. The van der Waals surface area contributed by atoms with Gasteiger partial charge in [-0.15, -0.1) is 22.7 Å². The SMILES string of the molecule is NC(=O)c1ccc(-c2nc3ccccc3s2)s1. The molecule has 0 bridgehead atoms. The topological polar surface area (TPSA) is 56.0 Å². The zero-order valence-electron chi connectivity index (χ0n) is 8.71. The van der Waals surface area contributed by atoms with Crippen LogP contribution in [0.25, 0.3) is 20.1 Å². The van der Waals surface area contributed by atoms with Crippen LogP contribution in [0.15, 0.2) is 36.4 Å². The van der Waals surface area contributed by atoms with E-state index in [-0.39, 0.29) is 5.91 Å². The summed E-state index contributed by atoms with van der Waals surface area (Å²) >= 11 is 3.01. The number of thiophene rings is 1. The van der Waals surface area contributed by atoms with Crippen molar-refractivity contribution in [3.63, 3.8) is 0 Å². The summed E-state index contributed by atoms with van der Waals surface area (Å²) < 4.78 is 1.15. The summed E-state index contributed by atoms with van der Waals surface area (Å²) in [7, 11) is 0. The number of hydrogen-bond acceptors (Lipinski definition) is 4. The maximum atomic E-state index is 11.0. The zero-order chi connectivity index (χ0) is 11.8. The second-order valence-corrected chi connectivity index (χ2v) is 5.63. The van der Waals surface area contributed by atoms with Crippen LogP contribution in [0.4, 0.5) is 0 Å². The van der Waals surface area contributed by atoms with Crippen LogP contribution in [0.5, 0.6) is 0 Å². The van der Waals surface area contributed by atoms with Crippen LogP contribution in [-0.2, 0) is 0 Å². The Hall–Kier alpha value is -1.72. The third-order valence-corrected chi connectivity index (χ3v) is 4.66. The largest absolute Gasteiger partial charge is 0.365 e. The highest BCUT2D eigenvalue weighted by Gasteiger charge is 2.10. The third kappa shape index (κ3) is 1.83. The number of para-hydroxylation sites is 1. The zero-order valence-corrected chi connectivity index (χ0v) is 10.3. The van der Waals surface area contributed by atoms with Crippen LogP contribution in [0, 0.1) is 0 Å². The average molecular weight is 260 g/mol. The molecular weight excluding hydrogens is 252 g/mol. The number of fused-ring (bicyclic) bond motifs is 1. The van der Waals surface area contributed by atoms with E-state index in [4.69, 9.17) is 5.73 Å². The van der Waals surface area contributed by atoms with Gasteiger partial charge in [-0.05, 0) is 24.3 Å². The molecule has 2 aromatic heterocycles. The maximum Gasteiger partial charge on any atom is 0.258 e. The van der Waals surface area contributed by atoms with Gasteiger partial charge in [-0.1, -0.05) is 12.1 Å². The smallest absolute Gasteiger partial charge is 0.258 e. The number of primary amides is 1. The maximum absolute atomic E-state index is 11.0. The molecule has 1 aromatic carbocycles. The van der Waals surface area contributed by atoms with Gasteiger partial charge in [0.1, 0.15) is 5.01 Å². The molecular formula is C12H8N2OS2. The molecule has 17 heavy (non-hydrogen) atoms. The molecule has 2 heterocycles. The lowest BCUT2D eigenvalue weighted by atomic mass is 10.3. The second kappa shape index (κ2) is 3.94. The molecule has 0 unspecified atom stereocenters. The van der Waals surface area contributed by atoms with Crippen molar-refractivity contribution in [2.45, 2.75) is 0 Å². The number of amides is 1. The molecule has 0 aliphatic heterocycles. The van der Waals surface area contributed by atoms with Gasteiger partial charge in [-0.25, -0.2) is 4.98 Å². The van der Waals surface area contributed by atoms with E-state index in [0.29, 0.717) is 4.88 Å². The van der Waals surface area contributed by atoms with Crippen molar-refractivity contribution in [1.82, 2.24) is 4.98 Å². The molecule has 84 valence electrons. The van der Waals surface area contributed by atoms with E-state index in [9.17, 15) is 4.79 Å². The average Bonchev–Trinajstić information content (AvgIpc) is 2.95. The van der Waals surface area contributed by atoms with Crippen LogP contribution in [0.1, 0.15) is 9.67 Å². The Labute approximate surface area is 106 Å². The van der Waals surface area contributed by atoms with Gasteiger partial charge in [0.05, 0.1) is 20.0 Å². The lowest BCUT2D eigenvalue weighted by molar-refractivity contribution is 0.100. The molecule has 0 saturated carbocycles. The first-order chi connectivity index (χ1) is 8.24. The third-order valence-electron chi connectivity index (χ3n) is 2.35. The fourth-order valence-electron chi connectivity index (χ4n) is 1.56. The first-order valence-electron chi connectivity index (χ1n) is 4.99. The van der Waals surface area contributed by atoms with Gasteiger partial charge in [-0.3, -0.25) is 4.79 Å². The Morgan fingerprint density at radius 1 is 1.12 bits per heavy atom. The van der Waals surface area contributed by atoms with E-state index in [2.05, 4.69) is 4.98 Å². The van der Waals surface area contributed by atoms with Crippen LogP contribution in [0.2, 0.25) is 0 Å². The lowest BCUT2D eigenvalue weighted by Gasteiger charge is -1.86. The van der Waals surface area contributed by atoms with Crippen molar-refractivity contribution >= 4 is 38.8 Å². The second-order valence-electron chi connectivity index (χ2n) is 3.51. The predicted molar refractivity (Wildman–Crippen MR) is 71.5 cm³/mol. The number of carbonyl (C=O) groups is 1. The summed E-state index contributed by atoms with van der Waals surface area (Å²) in [5, 5.41) is 0.934. The Balaban J connectivity index is 2.10. The molecule has 1 amide bonds. The van der Waals surface area contributed by atoms with Crippen LogP contribution < -0.4 is 5.73 Å². The van der Waals surface area contributed by atoms with Gasteiger partial charge in [0.25, 0.3) is 5.91 Å². The highest BCUT2D eigenvalue weighted by molar-refractivity contribution is 7.26. The molecule has 0 spiro atoms. The predicted octanol–water partition coefficient (Wildman–Crippen LogP) is 3.12. The monoisotopic (exact) mass is 260 g/mol. The number of nitrogens with two attached hydrogens (primary N) is 1.